The van der Waals surface area contributed by atoms with Crippen LogP contribution in [0.15, 0.2) is 89.1 Å². The van der Waals surface area contributed by atoms with E-state index in [-0.39, 0.29) is 35.9 Å². The van der Waals surface area contributed by atoms with Crippen molar-refractivity contribution in [3.05, 3.63) is 95.3 Å². The van der Waals surface area contributed by atoms with Crippen molar-refractivity contribution in [3.8, 4) is 0 Å². The first-order chi connectivity index (χ1) is 15.4. The zero-order valence-corrected chi connectivity index (χ0v) is 17.9. The maximum atomic E-state index is 13.2. The highest BCUT2D eigenvalue weighted by atomic mass is 16.4. The molecule has 0 saturated heterocycles. The van der Waals surface area contributed by atoms with E-state index in [4.69, 9.17) is 0 Å². The van der Waals surface area contributed by atoms with Crippen LogP contribution in [0.1, 0.15) is 36.8 Å². The molecular weight excluding hydrogens is 402 g/mol. The van der Waals surface area contributed by atoms with E-state index in [1.807, 2.05) is 72.8 Å². The molecule has 0 fully saturated rings. The summed E-state index contributed by atoms with van der Waals surface area (Å²) in [6.45, 7) is 1.48. The fourth-order valence-corrected chi connectivity index (χ4v) is 4.30. The van der Waals surface area contributed by atoms with Crippen molar-refractivity contribution in [2.45, 2.75) is 38.1 Å². The van der Waals surface area contributed by atoms with Gasteiger partial charge in [0.15, 0.2) is 5.78 Å². The summed E-state index contributed by atoms with van der Waals surface area (Å²) in [5.41, 5.74) is 2.42. The standard InChI is InChI=1S/C27H25NO4/c1-17(27(31)32)28-23(14-20-12-7-11-19-10-5-6-13-22(19)20)26-24(29)15-21(16-25(26)30)18-8-3-2-4-9-18/h2-13,17,21,29H,14-16H2,1H3,(H,31,32). The van der Waals surface area contributed by atoms with Crippen molar-refractivity contribution in [3.63, 3.8) is 0 Å². The Bertz CT molecular complexity index is 1220. The maximum absolute atomic E-state index is 13.2. The molecule has 2 unspecified atom stereocenters. The van der Waals surface area contributed by atoms with Gasteiger partial charge in [0.1, 0.15) is 11.8 Å². The number of ketones is 1. The van der Waals surface area contributed by atoms with E-state index in [1.165, 1.54) is 6.92 Å². The summed E-state index contributed by atoms with van der Waals surface area (Å²) in [5, 5.41) is 22.4. The van der Waals surface area contributed by atoms with E-state index in [0.717, 1.165) is 21.9 Å². The van der Waals surface area contributed by atoms with E-state index in [0.29, 0.717) is 12.1 Å². The molecule has 3 aromatic carbocycles. The normalized spacial score (nSPS) is 18.1. The van der Waals surface area contributed by atoms with Gasteiger partial charge in [-0.3, -0.25) is 9.79 Å². The molecule has 0 heterocycles. The summed E-state index contributed by atoms with van der Waals surface area (Å²) < 4.78 is 0. The van der Waals surface area contributed by atoms with Crippen molar-refractivity contribution >= 4 is 28.2 Å². The van der Waals surface area contributed by atoms with Crippen LogP contribution < -0.4 is 0 Å². The second-order valence-electron chi connectivity index (χ2n) is 8.17. The number of rotatable bonds is 6. The van der Waals surface area contributed by atoms with E-state index >= 15 is 0 Å². The average molecular weight is 428 g/mol. The Morgan fingerprint density at radius 3 is 2.41 bits per heavy atom. The summed E-state index contributed by atoms with van der Waals surface area (Å²) in [7, 11) is 0. The summed E-state index contributed by atoms with van der Waals surface area (Å²) in [4.78, 5) is 29.1. The fourth-order valence-electron chi connectivity index (χ4n) is 4.30. The van der Waals surface area contributed by atoms with E-state index < -0.39 is 12.0 Å². The molecule has 0 aliphatic heterocycles. The van der Waals surface area contributed by atoms with Gasteiger partial charge in [-0.25, -0.2) is 4.79 Å². The Morgan fingerprint density at radius 1 is 1.00 bits per heavy atom. The van der Waals surface area contributed by atoms with Gasteiger partial charge in [0.05, 0.1) is 11.3 Å². The SMILES string of the molecule is CC(N=C(Cc1cccc2ccccc12)C1=C(O)CC(c2ccccc2)CC1=O)C(=O)O. The molecule has 1 aliphatic rings. The molecule has 5 heteroatoms. The summed E-state index contributed by atoms with van der Waals surface area (Å²) >= 11 is 0. The highest BCUT2D eigenvalue weighted by Crippen LogP contribution is 2.35. The average Bonchev–Trinajstić information content (AvgIpc) is 2.79. The smallest absolute Gasteiger partial charge is 0.328 e. The number of aliphatic imine (C=N–C) groups is 1. The lowest BCUT2D eigenvalue weighted by molar-refractivity contribution is -0.138. The molecule has 2 N–H and O–H groups in total. The minimum Gasteiger partial charge on any atom is -0.511 e. The van der Waals surface area contributed by atoms with Gasteiger partial charge in [-0.05, 0) is 34.7 Å². The molecule has 162 valence electrons. The molecule has 3 aromatic rings. The highest BCUT2D eigenvalue weighted by Gasteiger charge is 2.32. The first-order valence-electron chi connectivity index (χ1n) is 10.7. The number of hydrogen-bond acceptors (Lipinski definition) is 4. The topological polar surface area (TPSA) is 87.0 Å². The molecule has 0 aromatic heterocycles. The van der Waals surface area contributed by atoms with Crippen molar-refractivity contribution in [2.24, 2.45) is 4.99 Å². The van der Waals surface area contributed by atoms with Gasteiger partial charge in [0.25, 0.3) is 0 Å². The van der Waals surface area contributed by atoms with Crippen LogP contribution in [0.4, 0.5) is 0 Å². The number of hydrogen-bond donors (Lipinski definition) is 2. The summed E-state index contributed by atoms with van der Waals surface area (Å²) in [5.74, 6) is -1.42. The second kappa shape index (κ2) is 9.18. The van der Waals surface area contributed by atoms with Crippen LogP contribution >= 0.6 is 0 Å². The van der Waals surface area contributed by atoms with Gasteiger partial charge in [0.2, 0.25) is 0 Å². The molecule has 0 radical (unpaired) electrons. The van der Waals surface area contributed by atoms with Gasteiger partial charge >= 0.3 is 5.97 Å². The number of Topliss-reactive ketones (excluding diaryl/α,β-unsaturated/α-hetero) is 1. The zero-order chi connectivity index (χ0) is 22.7. The molecule has 0 saturated carbocycles. The molecule has 1 aliphatic carbocycles. The molecule has 0 amide bonds. The van der Waals surface area contributed by atoms with Crippen LogP contribution in [0.2, 0.25) is 0 Å². The van der Waals surface area contributed by atoms with Gasteiger partial charge in [-0.15, -0.1) is 0 Å². The Labute approximate surface area is 186 Å². The summed E-state index contributed by atoms with van der Waals surface area (Å²) in [6.07, 6.45) is 0.834. The lowest BCUT2D eigenvalue weighted by atomic mass is 9.80. The number of carboxylic acid groups (broad SMARTS) is 1. The number of carbonyl (C=O) groups is 2. The number of carboxylic acids is 1. The predicted octanol–water partition coefficient (Wildman–Crippen LogP) is 5.26. The number of benzene rings is 3. The zero-order valence-electron chi connectivity index (χ0n) is 17.9. The van der Waals surface area contributed by atoms with Crippen LogP contribution in [-0.2, 0) is 16.0 Å². The monoisotopic (exact) mass is 427 g/mol. The number of aliphatic carboxylic acids is 1. The number of nitrogens with zero attached hydrogens (tertiary/aromatic N) is 1. The lowest BCUT2D eigenvalue weighted by Gasteiger charge is -2.25. The minimum atomic E-state index is -1.08. The Kier molecular flexibility index (Phi) is 6.17. The number of aliphatic hydroxyl groups excluding tert-OH is 1. The molecule has 32 heavy (non-hydrogen) atoms. The number of allylic oxidation sites excluding steroid dienone is 2. The van der Waals surface area contributed by atoms with Crippen LogP contribution in [0.5, 0.6) is 0 Å². The Hall–Kier alpha value is -3.73. The van der Waals surface area contributed by atoms with Gasteiger partial charge in [0, 0.05) is 19.3 Å². The van der Waals surface area contributed by atoms with Gasteiger partial charge in [-0.1, -0.05) is 72.8 Å². The van der Waals surface area contributed by atoms with Crippen LogP contribution in [-0.4, -0.2) is 33.7 Å². The van der Waals surface area contributed by atoms with Crippen LogP contribution in [0.25, 0.3) is 10.8 Å². The van der Waals surface area contributed by atoms with Crippen molar-refractivity contribution in [2.75, 3.05) is 0 Å². The third-order valence-corrected chi connectivity index (χ3v) is 5.94. The van der Waals surface area contributed by atoms with Gasteiger partial charge in [-0.2, -0.15) is 0 Å². The molecule has 0 spiro atoms. The molecular formula is C27H25NO4. The van der Waals surface area contributed by atoms with E-state index in [9.17, 15) is 19.8 Å². The fraction of sp³-hybridized carbons (Fsp3) is 0.222. The van der Waals surface area contributed by atoms with Crippen LogP contribution in [0.3, 0.4) is 0 Å². The molecule has 4 rings (SSSR count). The minimum absolute atomic E-state index is 0.0216. The van der Waals surface area contributed by atoms with Crippen molar-refractivity contribution < 1.29 is 19.8 Å². The number of aliphatic hydroxyl groups is 1. The maximum Gasteiger partial charge on any atom is 0.328 e. The lowest BCUT2D eigenvalue weighted by Crippen LogP contribution is -2.27. The summed E-state index contributed by atoms with van der Waals surface area (Å²) in [6, 6.07) is 22.4. The number of carbonyl (C=O) groups excluding carboxylic acids is 1. The Morgan fingerprint density at radius 2 is 1.69 bits per heavy atom. The second-order valence-corrected chi connectivity index (χ2v) is 8.17. The van der Waals surface area contributed by atoms with E-state index in [1.54, 1.807) is 0 Å². The predicted molar refractivity (Wildman–Crippen MR) is 125 cm³/mol. The Balaban J connectivity index is 1.75. The van der Waals surface area contributed by atoms with Crippen molar-refractivity contribution in [1.29, 1.82) is 0 Å². The van der Waals surface area contributed by atoms with Crippen LogP contribution in [0, 0.1) is 0 Å². The van der Waals surface area contributed by atoms with Crippen molar-refractivity contribution in [1.82, 2.24) is 0 Å². The molecule has 5 nitrogen and oxygen atoms in total. The molecule has 2 atom stereocenters. The largest absolute Gasteiger partial charge is 0.511 e. The number of fused-ring (bicyclic) bond motifs is 1. The first-order valence-corrected chi connectivity index (χ1v) is 10.7. The first kappa shape index (κ1) is 21.5. The van der Waals surface area contributed by atoms with Gasteiger partial charge < -0.3 is 10.2 Å². The molecule has 0 bridgehead atoms. The van der Waals surface area contributed by atoms with E-state index in [2.05, 4.69) is 4.99 Å². The third kappa shape index (κ3) is 4.47. The highest BCUT2D eigenvalue weighted by molar-refractivity contribution is 6.24. The quantitative estimate of drug-likeness (QED) is 0.526. The third-order valence-electron chi connectivity index (χ3n) is 5.94.